The molecule has 0 aliphatic carbocycles. The van der Waals surface area contributed by atoms with E-state index < -0.39 is 63.6 Å². The van der Waals surface area contributed by atoms with E-state index in [1.165, 1.54) is 0 Å². The van der Waals surface area contributed by atoms with Crippen LogP contribution in [-0.2, 0) is 52.2 Å². The Labute approximate surface area is 359 Å². The van der Waals surface area contributed by atoms with E-state index >= 15 is 0 Å². The average molecular weight is 1060 g/mol. The first-order valence-electron chi connectivity index (χ1n) is 17.3. The van der Waals surface area contributed by atoms with Crippen molar-refractivity contribution >= 4 is 99.9 Å². The summed E-state index contributed by atoms with van der Waals surface area (Å²) in [5, 5.41) is 8.68. The van der Waals surface area contributed by atoms with Crippen LogP contribution in [0, 0.1) is 11.3 Å². The van der Waals surface area contributed by atoms with Gasteiger partial charge in [-0.05, 0) is 71.9 Å². The zero-order valence-electron chi connectivity index (χ0n) is 31.9. The third-order valence-corrected chi connectivity index (χ3v) is 10.2. The molecule has 5 atom stereocenters. The zero-order valence-corrected chi connectivity index (χ0v) is 38.7. The summed E-state index contributed by atoms with van der Waals surface area (Å²) in [6, 6.07) is 9.04. The SMILES string of the molecule is CC(C)OCC(COCC(COCC(COCC(O)COC(=O)C(C)(C)CC(C)C(=O)OC(C)C)OC(=O)SI)OC(=O)SI)OC(=O)Sc1ccccc1. The summed E-state index contributed by atoms with van der Waals surface area (Å²) >= 11 is 4.49. The summed E-state index contributed by atoms with van der Waals surface area (Å²) in [5.74, 6) is -1.55. The van der Waals surface area contributed by atoms with Crippen LogP contribution in [0.1, 0.15) is 54.9 Å². The molecule has 15 nitrogen and oxygen atoms in total. The molecule has 0 spiro atoms. The fraction of sp³-hybridized carbons (Fsp3) is 0.686. The van der Waals surface area contributed by atoms with Crippen LogP contribution in [-0.4, -0.2) is 122 Å². The lowest BCUT2D eigenvalue weighted by Gasteiger charge is -2.26. The van der Waals surface area contributed by atoms with Crippen LogP contribution in [0.4, 0.5) is 14.4 Å². The van der Waals surface area contributed by atoms with Gasteiger partial charge in [-0.3, -0.25) is 9.59 Å². The molecular formula is C35H52I2O15S3. The highest BCUT2D eigenvalue weighted by atomic mass is 127. The number of carbonyl (C=O) groups excluding carboxylic acids is 5. The average Bonchev–Trinajstić information content (AvgIpc) is 3.12. The van der Waals surface area contributed by atoms with E-state index in [9.17, 15) is 29.1 Å². The van der Waals surface area contributed by atoms with Crippen molar-refractivity contribution in [1.29, 1.82) is 0 Å². The van der Waals surface area contributed by atoms with Crippen LogP contribution in [0.3, 0.4) is 0 Å². The van der Waals surface area contributed by atoms with Crippen LogP contribution in [0.5, 0.6) is 0 Å². The van der Waals surface area contributed by atoms with E-state index in [1.54, 1.807) is 89.2 Å². The number of ether oxygens (including phenoxy) is 9. The molecule has 1 aromatic rings. The van der Waals surface area contributed by atoms with Crippen LogP contribution < -0.4 is 0 Å². The fourth-order valence-electron chi connectivity index (χ4n) is 4.40. The van der Waals surface area contributed by atoms with Crippen molar-refractivity contribution in [2.45, 2.75) is 96.4 Å². The Morgan fingerprint density at radius 3 is 1.60 bits per heavy atom. The topological polar surface area (TPSA) is 189 Å². The monoisotopic (exact) mass is 1060 g/mol. The molecule has 1 rings (SSSR count). The molecule has 1 aromatic carbocycles. The normalized spacial score (nSPS) is 14.4. The van der Waals surface area contributed by atoms with E-state index in [2.05, 4.69) is 0 Å². The summed E-state index contributed by atoms with van der Waals surface area (Å²) in [5.41, 5.74) is -1.02. The molecular weight excluding hydrogens is 1010 g/mol. The number of hydrogen-bond acceptors (Lipinski definition) is 18. The number of halogens is 2. The van der Waals surface area contributed by atoms with E-state index in [4.69, 9.17) is 42.6 Å². The van der Waals surface area contributed by atoms with Crippen molar-refractivity contribution in [3.8, 4) is 0 Å². The Balaban J connectivity index is 2.69. The van der Waals surface area contributed by atoms with Gasteiger partial charge in [-0.15, -0.1) is 0 Å². The highest BCUT2D eigenvalue weighted by molar-refractivity contribution is 14.2. The van der Waals surface area contributed by atoms with Gasteiger partial charge in [0.05, 0.1) is 69.8 Å². The maximum atomic E-state index is 12.7. The van der Waals surface area contributed by atoms with Crippen LogP contribution in [0.25, 0.3) is 0 Å². The number of benzene rings is 1. The maximum absolute atomic E-state index is 12.7. The summed E-state index contributed by atoms with van der Waals surface area (Å²) in [7, 11) is 1.64. The molecule has 0 saturated heterocycles. The van der Waals surface area contributed by atoms with E-state index in [1.807, 2.05) is 32.0 Å². The molecule has 314 valence electrons. The third kappa shape index (κ3) is 25.1. The highest BCUT2D eigenvalue weighted by Crippen LogP contribution is 2.28. The van der Waals surface area contributed by atoms with Crippen molar-refractivity contribution in [2.75, 3.05) is 52.9 Å². The van der Waals surface area contributed by atoms with Gasteiger partial charge in [-0.25, -0.2) is 14.4 Å². The second-order valence-electron chi connectivity index (χ2n) is 13.3. The van der Waals surface area contributed by atoms with Crippen LogP contribution in [0.15, 0.2) is 35.2 Å². The Bertz CT molecular complexity index is 1290. The van der Waals surface area contributed by atoms with E-state index in [0.29, 0.717) is 0 Å². The molecule has 0 saturated carbocycles. The molecule has 0 amide bonds. The predicted molar refractivity (Wildman–Crippen MR) is 226 cm³/mol. The molecule has 0 aromatic heterocycles. The maximum Gasteiger partial charge on any atom is 0.378 e. The Morgan fingerprint density at radius 2 is 1.13 bits per heavy atom. The minimum atomic E-state index is -1.20. The Morgan fingerprint density at radius 1 is 0.655 bits per heavy atom. The minimum absolute atomic E-state index is 0.0542. The number of esters is 2. The molecule has 0 heterocycles. The first kappa shape index (κ1) is 51.9. The number of carbonyl (C=O) groups is 5. The molecule has 0 bridgehead atoms. The number of aliphatic hydroxyl groups excluding tert-OH is 1. The molecule has 20 heteroatoms. The summed E-state index contributed by atoms with van der Waals surface area (Å²) in [6.07, 6.45) is -3.94. The first-order valence-corrected chi connectivity index (χ1v) is 24.8. The number of rotatable bonds is 26. The van der Waals surface area contributed by atoms with Gasteiger partial charge >= 0.3 is 27.8 Å². The molecule has 0 aliphatic heterocycles. The van der Waals surface area contributed by atoms with Gasteiger partial charge in [-0.2, -0.15) is 0 Å². The van der Waals surface area contributed by atoms with Crippen molar-refractivity contribution in [1.82, 2.24) is 0 Å². The third-order valence-electron chi connectivity index (χ3n) is 6.83. The van der Waals surface area contributed by atoms with Crippen molar-refractivity contribution in [3.63, 3.8) is 0 Å². The lowest BCUT2D eigenvalue weighted by Crippen LogP contribution is -2.35. The summed E-state index contributed by atoms with van der Waals surface area (Å²) in [6.45, 7) is 10.9. The molecule has 0 radical (unpaired) electrons. The van der Waals surface area contributed by atoms with E-state index in [0.717, 1.165) is 34.5 Å². The van der Waals surface area contributed by atoms with Gasteiger partial charge in [0.2, 0.25) is 0 Å². The molecule has 0 aliphatic rings. The van der Waals surface area contributed by atoms with Gasteiger partial charge in [0.1, 0.15) is 31.0 Å². The van der Waals surface area contributed by atoms with Crippen molar-refractivity contribution in [3.05, 3.63) is 30.3 Å². The lowest BCUT2D eigenvalue weighted by atomic mass is 9.83. The molecule has 5 unspecified atom stereocenters. The predicted octanol–water partition coefficient (Wildman–Crippen LogP) is 7.84. The molecule has 1 N–H and O–H groups in total. The Hall–Kier alpha value is -1.12. The highest BCUT2D eigenvalue weighted by Gasteiger charge is 2.34. The lowest BCUT2D eigenvalue weighted by molar-refractivity contribution is -0.161. The molecule has 0 fully saturated rings. The van der Waals surface area contributed by atoms with Crippen LogP contribution >= 0.6 is 72.0 Å². The Kier molecular flexibility index (Phi) is 27.5. The number of thioether (sulfide) groups is 1. The van der Waals surface area contributed by atoms with E-state index in [-0.39, 0.29) is 71.5 Å². The second kappa shape index (κ2) is 29.1. The zero-order chi connectivity index (χ0) is 41.4. The summed E-state index contributed by atoms with van der Waals surface area (Å²) < 4.78 is 49.6. The fourth-order valence-corrected chi connectivity index (χ4v) is 6.03. The minimum Gasteiger partial charge on any atom is -0.463 e. The second-order valence-corrected chi connectivity index (χ2v) is 17.9. The quantitative estimate of drug-likeness (QED) is 0.0408. The van der Waals surface area contributed by atoms with Crippen molar-refractivity contribution < 1.29 is 71.7 Å². The van der Waals surface area contributed by atoms with Gasteiger partial charge < -0.3 is 47.7 Å². The van der Waals surface area contributed by atoms with Crippen LogP contribution in [0.2, 0.25) is 0 Å². The molecule has 55 heavy (non-hydrogen) atoms. The van der Waals surface area contributed by atoms with Gasteiger partial charge in [0.15, 0.2) is 0 Å². The van der Waals surface area contributed by atoms with Crippen molar-refractivity contribution in [2.24, 2.45) is 11.3 Å². The van der Waals surface area contributed by atoms with Gasteiger partial charge in [-0.1, -0.05) is 25.1 Å². The first-order chi connectivity index (χ1) is 25.9. The standard InChI is InChI=1S/C35H52I2O15S3/c1-22(2)47-21-28(50-32(41)53-29-11-9-8-10-12-29)20-46-19-27(52-34(43)55-37)18-45-17-26(51-33(42)54-36)16-44-14-25(38)15-48-31(40)35(6,7)13-24(5)30(39)49-23(3)4/h8-12,22-28,38H,13-21H2,1-7H3. The number of aliphatic hydroxyl groups is 1. The summed E-state index contributed by atoms with van der Waals surface area (Å²) in [4.78, 5) is 62.4. The number of hydrogen-bond donors (Lipinski definition) is 1. The van der Waals surface area contributed by atoms with Gasteiger partial charge in [0, 0.05) is 65.2 Å². The largest absolute Gasteiger partial charge is 0.463 e. The van der Waals surface area contributed by atoms with Gasteiger partial charge in [0.25, 0.3) is 0 Å². The smallest absolute Gasteiger partial charge is 0.378 e.